The summed E-state index contributed by atoms with van der Waals surface area (Å²) in [6, 6.07) is 3.85. The Morgan fingerprint density at radius 3 is 2.83 bits per heavy atom. The van der Waals surface area contributed by atoms with Gasteiger partial charge in [-0.2, -0.15) is 0 Å². The van der Waals surface area contributed by atoms with Crippen molar-refractivity contribution in [1.82, 2.24) is 29.8 Å². The van der Waals surface area contributed by atoms with Gasteiger partial charge in [-0.05, 0) is 13.1 Å². The van der Waals surface area contributed by atoms with Gasteiger partial charge in [0.25, 0.3) is 0 Å². The number of fused-ring (bicyclic) bond motifs is 1. The Morgan fingerprint density at radius 1 is 1.09 bits per heavy atom. The van der Waals surface area contributed by atoms with Gasteiger partial charge in [0.05, 0.1) is 11.8 Å². The molecule has 23 heavy (non-hydrogen) atoms. The minimum absolute atomic E-state index is 0.687. The molecule has 0 atom stereocenters. The van der Waals surface area contributed by atoms with E-state index >= 15 is 0 Å². The first-order valence-electron chi connectivity index (χ1n) is 7.60. The molecule has 0 aliphatic carbocycles. The molecule has 0 spiro atoms. The van der Waals surface area contributed by atoms with Crippen molar-refractivity contribution in [3.63, 3.8) is 0 Å². The Labute approximate surface area is 133 Å². The van der Waals surface area contributed by atoms with E-state index in [1.807, 2.05) is 12.1 Å². The summed E-state index contributed by atoms with van der Waals surface area (Å²) in [6.07, 6.45) is 4.99. The summed E-state index contributed by atoms with van der Waals surface area (Å²) in [5.74, 6) is 2.34. The fourth-order valence-corrected chi connectivity index (χ4v) is 2.70. The fourth-order valence-electron chi connectivity index (χ4n) is 2.70. The van der Waals surface area contributed by atoms with Crippen LogP contribution in [0.15, 0.2) is 31.0 Å². The predicted molar refractivity (Wildman–Crippen MR) is 88.9 cm³/mol. The van der Waals surface area contributed by atoms with E-state index in [-0.39, 0.29) is 0 Å². The van der Waals surface area contributed by atoms with E-state index in [0.29, 0.717) is 5.82 Å². The molecule has 1 saturated heterocycles. The molecule has 1 fully saturated rings. The summed E-state index contributed by atoms with van der Waals surface area (Å²) in [7, 11) is 2.14. The first-order chi connectivity index (χ1) is 11.3. The Bertz CT molecular complexity index is 806. The Hall–Kier alpha value is -2.74. The number of aromatic nitrogens is 5. The first-order valence-corrected chi connectivity index (χ1v) is 7.60. The van der Waals surface area contributed by atoms with E-state index < -0.39 is 0 Å². The molecular weight excluding hydrogens is 292 g/mol. The maximum Gasteiger partial charge on any atom is 0.159 e. The number of hydrogen-bond acceptors (Lipinski definition) is 7. The van der Waals surface area contributed by atoms with E-state index in [4.69, 9.17) is 0 Å². The molecule has 8 nitrogen and oxygen atoms in total. The molecule has 3 aromatic rings. The molecule has 0 radical (unpaired) electrons. The monoisotopic (exact) mass is 310 g/mol. The lowest BCUT2D eigenvalue weighted by Crippen LogP contribution is -2.44. The number of imidazole rings is 1. The second-order valence-corrected chi connectivity index (χ2v) is 5.64. The van der Waals surface area contributed by atoms with Crippen LogP contribution in [0.1, 0.15) is 0 Å². The van der Waals surface area contributed by atoms with Gasteiger partial charge in [-0.15, -0.1) is 0 Å². The molecule has 0 bridgehead atoms. The van der Waals surface area contributed by atoms with Crippen LogP contribution in [0.2, 0.25) is 0 Å². The highest BCUT2D eigenvalue weighted by atomic mass is 15.3. The third-order valence-electron chi connectivity index (χ3n) is 4.06. The smallest absolute Gasteiger partial charge is 0.159 e. The van der Waals surface area contributed by atoms with E-state index in [1.54, 1.807) is 18.9 Å². The number of hydrogen-bond donors (Lipinski definition) is 2. The van der Waals surface area contributed by atoms with Gasteiger partial charge in [0.15, 0.2) is 5.82 Å². The average molecular weight is 310 g/mol. The third-order valence-corrected chi connectivity index (χ3v) is 4.06. The summed E-state index contributed by atoms with van der Waals surface area (Å²) in [5, 5.41) is 3.24. The fraction of sp³-hybridized carbons (Fsp3) is 0.333. The SMILES string of the molecule is CN1CCN(c2cc(Nc3nccc4[nH]cnc34)ncn2)CC1. The van der Waals surface area contributed by atoms with Crippen LogP contribution in [0.3, 0.4) is 0 Å². The normalized spacial score (nSPS) is 16.0. The lowest BCUT2D eigenvalue weighted by atomic mass is 10.3. The topological polar surface area (TPSA) is 85.9 Å². The number of piperazine rings is 1. The number of likely N-dealkylation sites (N-methyl/N-ethyl adjacent to an activating group) is 1. The van der Waals surface area contributed by atoms with Gasteiger partial charge in [0.2, 0.25) is 0 Å². The zero-order valence-electron chi connectivity index (χ0n) is 12.9. The van der Waals surface area contributed by atoms with Crippen LogP contribution in [0, 0.1) is 0 Å². The van der Waals surface area contributed by atoms with Crippen molar-refractivity contribution < 1.29 is 0 Å². The third kappa shape index (κ3) is 2.80. The summed E-state index contributed by atoms with van der Waals surface area (Å²) in [5.41, 5.74) is 1.74. The minimum Gasteiger partial charge on any atom is -0.354 e. The van der Waals surface area contributed by atoms with E-state index in [9.17, 15) is 0 Å². The lowest BCUT2D eigenvalue weighted by molar-refractivity contribution is 0.312. The van der Waals surface area contributed by atoms with Crippen LogP contribution >= 0.6 is 0 Å². The number of anilines is 3. The molecule has 1 aliphatic heterocycles. The maximum atomic E-state index is 4.40. The molecule has 0 unspecified atom stereocenters. The number of nitrogens with zero attached hydrogens (tertiary/aromatic N) is 6. The summed E-state index contributed by atoms with van der Waals surface area (Å²) >= 11 is 0. The number of pyridine rings is 1. The van der Waals surface area contributed by atoms with Crippen molar-refractivity contribution in [2.75, 3.05) is 43.4 Å². The van der Waals surface area contributed by atoms with Crippen molar-refractivity contribution in [3.8, 4) is 0 Å². The van der Waals surface area contributed by atoms with E-state index in [1.165, 1.54) is 0 Å². The van der Waals surface area contributed by atoms with Gasteiger partial charge in [-0.25, -0.2) is 19.9 Å². The van der Waals surface area contributed by atoms with Crippen molar-refractivity contribution in [2.24, 2.45) is 0 Å². The molecule has 4 rings (SSSR count). The highest BCUT2D eigenvalue weighted by Gasteiger charge is 2.16. The quantitative estimate of drug-likeness (QED) is 0.753. The van der Waals surface area contributed by atoms with Crippen LogP contribution < -0.4 is 10.2 Å². The Kier molecular flexibility index (Phi) is 3.51. The van der Waals surface area contributed by atoms with Crippen molar-refractivity contribution >= 4 is 28.5 Å². The van der Waals surface area contributed by atoms with Gasteiger partial charge in [-0.3, -0.25) is 0 Å². The molecule has 0 saturated carbocycles. The zero-order valence-corrected chi connectivity index (χ0v) is 12.9. The minimum atomic E-state index is 0.687. The van der Waals surface area contributed by atoms with Gasteiger partial charge in [-0.1, -0.05) is 0 Å². The standard InChI is InChI=1S/C15H18N8/c1-22-4-6-23(7-5-22)13-8-12(18-10-19-13)21-15-14-11(2-3-16-15)17-9-20-14/h2-3,8-10H,4-7H2,1H3,(H,17,20)(H,16,18,19,21). The molecular formula is C15H18N8. The van der Waals surface area contributed by atoms with E-state index in [2.05, 4.69) is 47.1 Å². The predicted octanol–water partition coefficient (Wildman–Crippen LogP) is 1.24. The van der Waals surface area contributed by atoms with Gasteiger partial charge >= 0.3 is 0 Å². The number of rotatable bonds is 3. The molecule has 0 aromatic carbocycles. The van der Waals surface area contributed by atoms with Crippen molar-refractivity contribution in [1.29, 1.82) is 0 Å². The molecule has 1 aliphatic rings. The van der Waals surface area contributed by atoms with Crippen molar-refractivity contribution in [2.45, 2.75) is 0 Å². The Balaban J connectivity index is 1.58. The lowest BCUT2D eigenvalue weighted by Gasteiger charge is -2.33. The highest BCUT2D eigenvalue weighted by Crippen LogP contribution is 2.22. The Morgan fingerprint density at radius 2 is 1.96 bits per heavy atom. The average Bonchev–Trinajstić information content (AvgIpc) is 3.06. The highest BCUT2D eigenvalue weighted by molar-refractivity contribution is 5.86. The van der Waals surface area contributed by atoms with E-state index in [0.717, 1.165) is 48.8 Å². The molecule has 2 N–H and O–H groups in total. The van der Waals surface area contributed by atoms with Crippen LogP contribution in [-0.4, -0.2) is 63.0 Å². The largest absolute Gasteiger partial charge is 0.354 e. The summed E-state index contributed by atoms with van der Waals surface area (Å²) in [4.78, 5) is 25.0. The molecule has 4 heterocycles. The van der Waals surface area contributed by atoms with Gasteiger partial charge in [0, 0.05) is 38.4 Å². The number of aromatic amines is 1. The molecule has 3 aromatic heterocycles. The maximum absolute atomic E-state index is 4.40. The van der Waals surface area contributed by atoms with Gasteiger partial charge in [0.1, 0.15) is 23.5 Å². The van der Waals surface area contributed by atoms with Crippen LogP contribution in [0.5, 0.6) is 0 Å². The number of H-pyrrole nitrogens is 1. The molecule has 8 heteroatoms. The second-order valence-electron chi connectivity index (χ2n) is 5.64. The number of nitrogens with one attached hydrogen (secondary N) is 2. The first kappa shape index (κ1) is 13.9. The second kappa shape index (κ2) is 5.81. The summed E-state index contributed by atoms with van der Waals surface area (Å²) in [6.45, 7) is 4.03. The summed E-state index contributed by atoms with van der Waals surface area (Å²) < 4.78 is 0. The molecule has 118 valence electrons. The van der Waals surface area contributed by atoms with Crippen LogP contribution in [-0.2, 0) is 0 Å². The molecule has 0 amide bonds. The van der Waals surface area contributed by atoms with Crippen LogP contribution in [0.4, 0.5) is 17.5 Å². The van der Waals surface area contributed by atoms with Crippen LogP contribution in [0.25, 0.3) is 11.0 Å². The van der Waals surface area contributed by atoms with Crippen molar-refractivity contribution in [3.05, 3.63) is 31.0 Å². The zero-order chi connectivity index (χ0) is 15.6. The van der Waals surface area contributed by atoms with Gasteiger partial charge < -0.3 is 20.1 Å².